The van der Waals surface area contributed by atoms with Crippen molar-refractivity contribution in [1.82, 2.24) is 9.55 Å². The Morgan fingerprint density at radius 1 is 1.19 bits per heavy atom. The van der Waals surface area contributed by atoms with E-state index in [-0.39, 0.29) is 15.5 Å². The summed E-state index contributed by atoms with van der Waals surface area (Å²) in [7, 11) is -3.95. The number of aromatic carboxylic acids is 1. The number of carbonyl (C=O) groups is 1. The van der Waals surface area contributed by atoms with Crippen molar-refractivity contribution in [2.45, 2.75) is 22.8 Å². The summed E-state index contributed by atoms with van der Waals surface area (Å²) in [5, 5.41) is 9.39. The quantitative estimate of drug-likeness (QED) is 0.639. The van der Waals surface area contributed by atoms with Crippen molar-refractivity contribution < 1.29 is 18.3 Å². The molecular formula is C18H13BrN2O5S. The standard InChI is InChI=1S/C18H13BrN2O5S/c19-12-9-13-15-10(6-7-21(13)16(12)18(23)24)8-14(17(22)20-15)27(25,26)11-4-2-1-3-5-11/h1-5,8-9H,6-7H2,(H,20,22)(H,23,24). The number of hydrogen-bond donors (Lipinski definition) is 2. The Kier molecular flexibility index (Phi) is 4.08. The van der Waals surface area contributed by atoms with E-state index in [1.54, 1.807) is 28.8 Å². The van der Waals surface area contributed by atoms with Crippen molar-refractivity contribution in [3.63, 3.8) is 0 Å². The Balaban J connectivity index is 1.91. The molecule has 7 nitrogen and oxygen atoms in total. The summed E-state index contributed by atoms with van der Waals surface area (Å²) < 4.78 is 27.6. The number of nitrogens with zero attached hydrogens (tertiary/aromatic N) is 1. The second kappa shape index (κ2) is 6.21. The van der Waals surface area contributed by atoms with Crippen LogP contribution in [0.4, 0.5) is 0 Å². The Morgan fingerprint density at radius 3 is 2.56 bits per heavy atom. The van der Waals surface area contributed by atoms with Gasteiger partial charge in [0.05, 0.1) is 20.8 Å². The molecule has 1 aliphatic rings. The number of aryl methyl sites for hydroxylation is 1. The molecule has 0 bridgehead atoms. The van der Waals surface area contributed by atoms with Crippen molar-refractivity contribution >= 4 is 31.7 Å². The second-order valence-electron chi connectivity index (χ2n) is 6.11. The Morgan fingerprint density at radius 2 is 1.89 bits per heavy atom. The minimum Gasteiger partial charge on any atom is -0.477 e. The molecule has 0 radical (unpaired) electrons. The first-order chi connectivity index (χ1) is 12.8. The molecule has 4 rings (SSSR count). The van der Waals surface area contributed by atoms with E-state index in [2.05, 4.69) is 20.9 Å². The van der Waals surface area contributed by atoms with Crippen molar-refractivity contribution in [3.05, 3.63) is 68.5 Å². The van der Waals surface area contributed by atoms with Crippen LogP contribution in [0.3, 0.4) is 0 Å². The molecular weight excluding hydrogens is 436 g/mol. The molecule has 9 heteroatoms. The number of rotatable bonds is 3. The van der Waals surface area contributed by atoms with E-state index in [0.29, 0.717) is 34.4 Å². The van der Waals surface area contributed by atoms with E-state index >= 15 is 0 Å². The number of carboxylic acids is 1. The summed E-state index contributed by atoms with van der Waals surface area (Å²) in [5.74, 6) is -1.08. The van der Waals surface area contributed by atoms with Crippen LogP contribution in [0.15, 0.2) is 61.5 Å². The van der Waals surface area contributed by atoms with Gasteiger partial charge in [0.25, 0.3) is 5.56 Å². The molecule has 0 unspecified atom stereocenters. The summed E-state index contributed by atoms with van der Waals surface area (Å²) >= 11 is 3.24. The zero-order valence-corrected chi connectivity index (χ0v) is 16.2. The number of H-pyrrole nitrogens is 1. The van der Waals surface area contributed by atoms with Gasteiger partial charge in [0, 0.05) is 6.54 Å². The van der Waals surface area contributed by atoms with Crippen LogP contribution >= 0.6 is 15.9 Å². The molecule has 2 N–H and O–H groups in total. The highest BCUT2D eigenvalue weighted by atomic mass is 79.9. The largest absolute Gasteiger partial charge is 0.477 e. The molecule has 1 aliphatic heterocycles. The van der Waals surface area contributed by atoms with Gasteiger partial charge in [-0.1, -0.05) is 18.2 Å². The first-order valence-electron chi connectivity index (χ1n) is 7.99. The Labute approximate surface area is 162 Å². The molecule has 3 heterocycles. The number of halogens is 1. The number of hydrogen-bond acceptors (Lipinski definition) is 4. The number of fused-ring (bicyclic) bond motifs is 3. The molecule has 0 saturated heterocycles. The van der Waals surface area contributed by atoms with Gasteiger partial charge < -0.3 is 14.7 Å². The van der Waals surface area contributed by atoms with E-state index in [1.807, 2.05) is 0 Å². The molecule has 0 aliphatic carbocycles. The summed E-state index contributed by atoms with van der Waals surface area (Å²) in [4.78, 5) is 26.4. The fraction of sp³-hybridized carbons (Fsp3) is 0.111. The molecule has 138 valence electrons. The van der Waals surface area contributed by atoms with Gasteiger partial charge in [-0.15, -0.1) is 0 Å². The molecule has 27 heavy (non-hydrogen) atoms. The van der Waals surface area contributed by atoms with Crippen LogP contribution < -0.4 is 5.56 Å². The van der Waals surface area contributed by atoms with Gasteiger partial charge in [-0.05, 0) is 52.2 Å². The highest BCUT2D eigenvalue weighted by Crippen LogP contribution is 2.35. The fourth-order valence-electron chi connectivity index (χ4n) is 3.31. The van der Waals surface area contributed by atoms with Crippen molar-refractivity contribution in [2.75, 3.05) is 0 Å². The van der Waals surface area contributed by atoms with Gasteiger partial charge in [-0.2, -0.15) is 0 Å². The van der Waals surface area contributed by atoms with E-state index in [1.165, 1.54) is 18.2 Å². The minimum absolute atomic E-state index is 0.0468. The molecule has 0 saturated carbocycles. The van der Waals surface area contributed by atoms with Crippen LogP contribution in [-0.4, -0.2) is 29.0 Å². The normalized spacial score (nSPS) is 13.1. The average Bonchev–Trinajstić information content (AvgIpc) is 2.98. The first-order valence-corrected chi connectivity index (χ1v) is 10.3. The predicted molar refractivity (Wildman–Crippen MR) is 101 cm³/mol. The van der Waals surface area contributed by atoms with Gasteiger partial charge in [-0.3, -0.25) is 4.79 Å². The molecule has 2 aromatic heterocycles. The zero-order chi connectivity index (χ0) is 19.3. The molecule has 0 amide bonds. The predicted octanol–water partition coefficient (Wildman–Crippen LogP) is 2.69. The number of sulfone groups is 1. The van der Waals surface area contributed by atoms with Crippen molar-refractivity contribution in [2.24, 2.45) is 0 Å². The van der Waals surface area contributed by atoms with Crippen LogP contribution in [-0.2, 0) is 22.8 Å². The second-order valence-corrected chi connectivity index (χ2v) is 8.88. The van der Waals surface area contributed by atoms with Crippen LogP contribution in [0.1, 0.15) is 16.1 Å². The Bertz CT molecular complexity index is 1240. The highest BCUT2D eigenvalue weighted by Gasteiger charge is 2.29. The summed E-state index contributed by atoms with van der Waals surface area (Å²) in [6, 6.07) is 10.8. The third-order valence-electron chi connectivity index (χ3n) is 4.55. The van der Waals surface area contributed by atoms with Gasteiger partial charge in [0.2, 0.25) is 9.84 Å². The third kappa shape index (κ3) is 2.74. The Hall–Kier alpha value is -2.65. The lowest BCUT2D eigenvalue weighted by Crippen LogP contribution is -2.23. The summed E-state index contributed by atoms with van der Waals surface area (Å²) in [6.45, 7) is 0.367. The molecule has 0 fully saturated rings. The van der Waals surface area contributed by atoms with E-state index < -0.39 is 21.4 Å². The fourth-order valence-corrected chi connectivity index (χ4v) is 5.27. The lowest BCUT2D eigenvalue weighted by molar-refractivity contribution is 0.0684. The maximum absolute atomic E-state index is 12.8. The molecule has 0 spiro atoms. The smallest absolute Gasteiger partial charge is 0.353 e. The van der Waals surface area contributed by atoms with Crippen molar-refractivity contribution in [1.29, 1.82) is 0 Å². The minimum atomic E-state index is -3.95. The number of aromatic amines is 1. The zero-order valence-electron chi connectivity index (χ0n) is 13.8. The van der Waals surface area contributed by atoms with Gasteiger partial charge in [-0.25, -0.2) is 13.2 Å². The highest BCUT2D eigenvalue weighted by molar-refractivity contribution is 9.10. The summed E-state index contributed by atoms with van der Waals surface area (Å²) in [6.07, 6.45) is 0.401. The van der Waals surface area contributed by atoms with E-state index in [9.17, 15) is 23.1 Å². The number of nitrogens with one attached hydrogen (secondary N) is 1. The maximum Gasteiger partial charge on any atom is 0.353 e. The third-order valence-corrected chi connectivity index (χ3v) is 6.93. The van der Waals surface area contributed by atoms with Crippen LogP contribution in [0.2, 0.25) is 0 Å². The monoisotopic (exact) mass is 448 g/mol. The van der Waals surface area contributed by atoms with Gasteiger partial charge in [0.15, 0.2) is 0 Å². The lowest BCUT2D eigenvalue weighted by atomic mass is 10.0. The topological polar surface area (TPSA) is 109 Å². The van der Waals surface area contributed by atoms with E-state index in [4.69, 9.17) is 0 Å². The van der Waals surface area contributed by atoms with Gasteiger partial charge in [0.1, 0.15) is 10.6 Å². The number of pyridine rings is 1. The van der Waals surface area contributed by atoms with Crippen LogP contribution in [0, 0.1) is 0 Å². The van der Waals surface area contributed by atoms with Crippen LogP contribution in [0.25, 0.3) is 11.4 Å². The van der Waals surface area contributed by atoms with Crippen molar-refractivity contribution in [3.8, 4) is 11.4 Å². The number of benzene rings is 1. The number of carboxylic acid groups (broad SMARTS) is 1. The molecule has 1 aromatic carbocycles. The summed E-state index contributed by atoms with van der Waals surface area (Å²) in [5.41, 5.74) is 0.976. The van der Waals surface area contributed by atoms with E-state index in [0.717, 1.165) is 0 Å². The average molecular weight is 449 g/mol. The first kappa shape index (κ1) is 17.7. The number of aromatic nitrogens is 2. The van der Waals surface area contributed by atoms with Gasteiger partial charge >= 0.3 is 5.97 Å². The maximum atomic E-state index is 12.8. The molecule has 3 aromatic rings. The van der Waals surface area contributed by atoms with Crippen LogP contribution in [0.5, 0.6) is 0 Å². The SMILES string of the molecule is O=C(O)c1c(Br)cc2n1CCc1cc(S(=O)(=O)c3ccccc3)c(=O)[nH]c1-2. The lowest BCUT2D eigenvalue weighted by Gasteiger charge is -2.20. The molecule has 0 atom stereocenters.